The number of aromatic nitrogens is 4. The molecule has 0 aliphatic rings. The molecule has 0 aliphatic heterocycles. The first-order chi connectivity index (χ1) is 12.3. The van der Waals surface area contributed by atoms with Crippen LogP contribution in [0.15, 0.2) is 47.8 Å². The molecule has 0 aliphatic carbocycles. The van der Waals surface area contributed by atoms with Gasteiger partial charge in [-0.15, -0.1) is 0 Å². The molecule has 1 atom stereocenters. The highest BCUT2D eigenvalue weighted by Gasteiger charge is 2.22. The molecule has 8 heteroatoms. The maximum atomic E-state index is 12.9. The third kappa shape index (κ3) is 3.56. The highest BCUT2D eigenvalue weighted by molar-refractivity contribution is 7.89. The quantitative estimate of drug-likeness (QED) is 0.720. The first-order valence-electron chi connectivity index (χ1n) is 8.41. The minimum absolute atomic E-state index is 0.253. The highest BCUT2D eigenvalue weighted by atomic mass is 32.2. The van der Waals surface area contributed by atoms with Gasteiger partial charge in [0.05, 0.1) is 22.8 Å². The van der Waals surface area contributed by atoms with Crippen LogP contribution in [0.3, 0.4) is 0 Å². The summed E-state index contributed by atoms with van der Waals surface area (Å²) in [6.07, 6.45) is 5.97. The van der Waals surface area contributed by atoms with Gasteiger partial charge >= 0.3 is 0 Å². The molecule has 138 valence electrons. The minimum atomic E-state index is -3.64. The normalized spacial score (nSPS) is 13.1. The number of benzene rings is 1. The molecule has 0 bridgehead atoms. The Balaban J connectivity index is 1.90. The molecule has 0 radical (unpaired) electrons. The van der Waals surface area contributed by atoms with Crippen LogP contribution in [-0.4, -0.2) is 28.0 Å². The van der Waals surface area contributed by atoms with Gasteiger partial charge in [0.2, 0.25) is 10.0 Å². The van der Waals surface area contributed by atoms with Gasteiger partial charge in [-0.2, -0.15) is 10.2 Å². The molecule has 1 aromatic carbocycles. The van der Waals surface area contributed by atoms with Crippen LogP contribution in [0, 0.1) is 6.92 Å². The van der Waals surface area contributed by atoms with Gasteiger partial charge in [0.25, 0.3) is 0 Å². The van der Waals surface area contributed by atoms with Crippen molar-refractivity contribution in [3.05, 3.63) is 54.1 Å². The average molecular weight is 373 g/mol. The van der Waals surface area contributed by atoms with Crippen LogP contribution in [0.5, 0.6) is 0 Å². The van der Waals surface area contributed by atoms with Crippen molar-refractivity contribution in [3.63, 3.8) is 0 Å². The Kier molecular flexibility index (Phi) is 4.97. The number of aryl methyl sites for hydroxylation is 3. The summed E-state index contributed by atoms with van der Waals surface area (Å²) in [7, 11) is 0.0142. The van der Waals surface area contributed by atoms with Gasteiger partial charge in [-0.05, 0) is 42.7 Å². The topological polar surface area (TPSA) is 81.8 Å². The predicted octanol–water partition coefficient (Wildman–Crippen LogP) is 2.56. The third-order valence-electron chi connectivity index (χ3n) is 4.45. The van der Waals surface area contributed by atoms with Crippen molar-refractivity contribution in [2.45, 2.75) is 31.2 Å². The second-order valence-electron chi connectivity index (χ2n) is 6.34. The van der Waals surface area contributed by atoms with E-state index in [1.165, 1.54) is 0 Å². The Morgan fingerprint density at radius 2 is 1.96 bits per heavy atom. The number of sulfonamides is 1. The highest BCUT2D eigenvalue weighted by Crippen LogP contribution is 2.26. The van der Waals surface area contributed by atoms with Gasteiger partial charge in [0, 0.05) is 32.1 Å². The zero-order valence-electron chi connectivity index (χ0n) is 15.3. The van der Waals surface area contributed by atoms with Gasteiger partial charge < -0.3 is 0 Å². The van der Waals surface area contributed by atoms with Crippen molar-refractivity contribution in [2.75, 3.05) is 0 Å². The second-order valence-corrected chi connectivity index (χ2v) is 8.06. The summed E-state index contributed by atoms with van der Waals surface area (Å²) in [6, 6.07) is 6.65. The smallest absolute Gasteiger partial charge is 0.241 e. The van der Waals surface area contributed by atoms with Crippen LogP contribution in [0.1, 0.15) is 30.6 Å². The van der Waals surface area contributed by atoms with E-state index in [2.05, 4.69) is 14.9 Å². The molecule has 0 spiro atoms. The molecule has 1 unspecified atom stereocenters. The van der Waals surface area contributed by atoms with Crippen molar-refractivity contribution >= 4 is 10.0 Å². The standard InChI is InChI=1S/C18H23N5O2S/c1-5-17(18-8-9-19-23(18)4)21-26(24,25)15-6-7-16(13(2)10-15)14-11-20-22(3)12-14/h6-12,17,21H,5H2,1-4H3. The molecular formula is C18H23N5O2S. The number of rotatable bonds is 6. The van der Waals surface area contributed by atoms with Gasteiger partial charge in [-0.25, -0.2) is 13.1 Å². The molecule has 7 nitrogen and oxygen atoms in total. The van der Waals surface area contributed by atoms with E-state index in [1.54, 1.807) is 40.9 Å². The Hall–Kier alpha value is -2.45. The Labute approximate surface area is 153 Å². The molecular weight excluding hydrogens is 350 g/mol. The van der Waals surface area contributed by atoms with Crippen LogP contribution >= 0.6 is 0 Å². The largest absolute Gasteiger partial charge is 0.275 e. The maximum absolute atomic E-state index is 12.9. The van der Waals surface area contributed by atoms with Gasteiger partial charge in [-0.3, -0.25) is 9.36 Å². The zero-order chi connectivity index (χ0) is 18.9. The number of nitrogens with zero attached hydrogens (tertiary/aromatic N) is 4. The summed E-state index contributed by atoms with van der Waals surface area (Å²) in [5.41, 5.74) is 3.65. The summed E-state index contributed by atoms with van der Waals surface area (Å²) in [6.45, 7) is 3.84. The van der Waals surface area contributed by atoms with Crippen molar-refractivity contribution in [1.82, 2.24) is 24.3 Å². The van der Waals surface area contributed by atoms with Crippen molar-refractivity contribution in [2.24, 2.45) is 14.1 Å². The number of hydrogen-bond acceptors (Lipinski definition) is 4. The van der Waals surface area contributed by atoms with Gasteiger partial charge in [0.1, 0.15) is 0 Å². The van der Waals surface area contributed by atoms with E-state index in [0.29, 0.717) is 6.42 Å². The van der Waals surface area contributed by atoms with Crippen LogP contribution in [0.2, 0.25) is 0 Å². The summed E-state index contributed by atoms with van der Waals surface area (Å²) < 4.78 is 31.9. The average Bonchev–Trinajstić information content (AvgIpc) is 3.21. The molecule has 0 fully saturated rings. The lowest BCUT2D eigenvalue weighted by Gasteiger charge is -2.18. The van der Waals surface area contributed by atoms with Crippen molar-refractivity contribution < 1.29 is 8.42 Å². The van der Waals surface area contributed by atoms with Gasteiger partial charge in [-0.1, -0.05) is 13.0 Å². The van der Waals surface area contributed by atoms with Crippen LogP contribution in [0.25, 0.3) is 11.1 Å². The van der Waals surface area contributed by atoms with E-state index in [4.69, 9.17) is 0 Å². The molecule has 0 saturated carbocycles. The molecule has 0 amide bonds. The first kappa shape index (κ1) is 18.3. The third-order valence-corrected chi connectivity index (χ3v) is 5.91. The molecule has 2 heterocycles. The fourth-order valence-corrected chi connectivity index (χ4v) is 4.40. The maximum Gasteiger partial charge on any atom is 0.241 e. The summed E-state index contributed by atoms with van der Waals surface area (Å²) in [4.78, 5) is 0.253. The summed E-state index contributed by atoms with van der Waals surface area (Å²) >= 11 is 0. The molecule has 3 rings (SSSR count). The zero-order valence-corrected chi connectivity index (χ0v) is 16.2. The van der Waals surface area contributed by atoms with E-state index in [9.17, 15) is 8.42 Å². The fourth-order valence-electron chi connectivity index (χ4n) is 3.02. The van der Waals surface area contributed by atoms with Crippen LogP contribution in [-0.2, 0) is 24.1 Å². The van der Waals surface area contributed by atoms with E-state index in [1.807, 2.05) is 39.2 Å². The van der Waals surface area contributed by atoms with Crippen molar-refractivity contribution in [3.8, 4) is 11.1 Å². The lowest BCUT2D eigenvalue weighted by atomic mass is 10.0. The summed E-state index contributed by atoms with van der Waals surface area (Å²) in [5.74, 6) is 0. The SMILES string of the molecule is CCC(NS(=O)(=O)c1ccc(-c2cnn(C)c2)c(C)c1)c1ccnn1C. The lowest BCUT2D eigenvalue weighted by molar-refractivity contribution is 0.527. The molecule has 3 aromatic rings. The fraction of sp³-hybridized carbons (Fsp3) is 0.333. The van der Waals surface area contributed by atoms with Crippen molar-refractivity contribution in [1.29, 1.82) is 0 Å². The molecule has 1 N–H and O–H groups in total. The predicted molar refractivity (Wildman–Crippen MR) is 99.9 cm³/mol. The Morgan fingerprint density at radius 1 is 1.19 bits per heavy atom. The first-order valence-corrected chi connectivity index (χ1v) is 9.90. The number of nitrogens with one attached hydrogen (secondary N) is 1. The van der Waals surface area contributed by atoms with E-state index in [0.717, 1.165) is 22.4 Å². The Morgan fingerprint density at radius 3 is 2.50 bits per heavy atom. The summed E-state index contributed by atoms with van der Waals surface area (Å²) in [5, 5.41) is 8.29. The van der Waals surface area contributed by atoms with Gasteiger partial charge in [0.15, 0.2) is 0 Å². The Bertz CT molecular complexity index is 1020. The molecule has 26 heavy (non-hydrogen) atoms. The molecule has 2 aromatic heterocycles. The molecule has 0 saturated heterocycles. The van der Waals surface area contributed by atoms with E-state index >= 15 is 0 Å². The van der Waals surface area contributed by atoms with Crippen LogP contribution < -0.4 is 4.72 Å². The lowest BCUT2D eigenvalue weighted by Crippen LogP contribution is -2.29. The van der Waals surface area contributed by atoms with E-state index in [-0.39, 0.29) is 10.9 Å². The monoisotopic (exact) mass is 373 g/mol. The number of hydrogen-bond donors (Lipinski definition) is 1. The second kappa shape index (κ2) is 7.05. The van der Waals surface area contributed by atoms with Crippen LogP contribution in [0.4, 0.5) is 0 Å². The van der Waals surface area contributed by atoms with E-state index < -0.39 is 10.0 Å². The minimum Gasteiger partial charge on any atom is -0.275 e.